The van der Waals surface area contributed by atoms with Gasteiger partial charge in [0.1, 0.15) is 17.3 Å². The second-order valence-corrected chi connectivity index (χ2v) is 5.42. The highest BCUT2D eigenvalue weighted by atomic mass is 16.5. The van der Waals surface area contributed by atoms with Crippen molar-refractivity contribution in [3.05, 3.63) is 65.9 Å². The number of carbonyl (C=O) groups is 2. The zero-order valence-corrected chi connectivity index (χ0v) is 14.3. The molecule has 1 amide bonds. The van der Waals surface area contributed by atoms with Crippen molar-refractivity contribution < 1.29 is 23.5 Å². The molecule has 6 heteroatoms. The summed E-state index contributed by atoms with van der Waals surface area (Å²) in [6.07, 6.45) is 0.643. The summed E-state index contributed by atoms with van der Waals surface area (Å²) in [5.41, 5.74) is 1.76. The Balaban J connectivity index is 1.82. The van der Waals surface area contributed by atoms with Gasteiger partial charge in [0.05, 0.1) is 19.9 Å². The van der Waals surface area contributed by atoms with E-state index in [2.05, 4.69) is 5.32 Å². The molecule has 132 valence electrons. The van der Waals surface area contributed by atoms with Crippen LogP contribution in [0, 0.1) is 0 Å². The molecule has 0 saturated heterocycles. The lowest BCUT2D eigenvalue weighted by atomic mass is 10.1. The molecule has 0 spiro atoms. The molecular formula is C20H17NO5. The molecule has 0 fully saturated rings. The molecule has 0 aliphatic heterocycles. The quantitative estimate of drug-likeness (QED) is 0.679. The predicted octanol–water partition coefficient (Wildman–Crippen LogP) is 4.03. The van der Waals surface area contributed by atoms with Gasteiger partial charge in [0.2, 0.25) is 0 Å². The minimum absolute atomic E-state index is 0.246. The van der Waals surface area contributed by atoms with Crippen molar-refractivity contribution >= 4 is 17.9 Å². The van der Waals surface area contributed by atoms with Gasteiger partial charge >= 0.3 is 0 Å². The number of anilines is 1. The highest BCUT2D eigenvalue weighted by molar-refractivity contribution is 6.05. The summed E-state index contributed by atoms with van der Waals surface area (Å²) < 4.78 is 15.9. The van der Waals surface area contributed by atoms with Crippen LogP contribution in [0.4, 0.5) is 5.69 Å². The maximum absolute atomic E-state index is 12.4. The molecule has 6 nitrogen and oxygen atoms in total. The van der Waals surface area contributed by atoms with Crippen LogP contribution in [-0.2, 0) is 0 Å². The van der Waals surface area contributed by atoms with Gasteiger partial charge in [-0.2, -0.15) is 0 Å². The fourth-order valence-electron chi connectivity index (χ4n) is 2.46. The summed E-state index contributed by atoms with van der Waals surface area (Å²) >= 11 is 0. The monoisotopic (exact) mass is 351 g/mol. The van der Waals surface area contributed by atoms with Crippen LogP contribution >= 0.6 is 0 Å². The summed E-state index contributed by atoms with van der Waals surface area (Å²) in [6.45, 7) is 0. The summed E-state index contributed by atoms with van der Waals surface area (Å²) in [6, 6.07) is 15.3. The molecular weight excluding hydrogens is 334 g/mol. The van der Waals surface area contributed by atoms with Crippen LogP contribution in [-0.4, -0.2) is 26.4 Å². The average molecular weight is 351 g/mol. The SMILES string of the molecule is COc1ccc(C(=O)Nc2ccc(-c3ccc(C=O)o3)cc2OC)cc1. The van der Waals surface area contributed by atoms with Crippen molar-refractivity contribution in [1.29, 1.82) is 0 Å². The van der Waals surface area contributed by atoms with Crippen LogP contribution in [0.15, 0.2) is 59.0 Å². The molecule has 3 rings (SSSR count). The van der Waals surface area contributed by atoms with Gasteiger partial charge in [0.15, 0.2) is 12.0 Å². The number of methoxy groups -OCH3 is 2. The molecule has 0 aliphatic rings. The maximum atomic E-state index is 12.4. The number of amides is 1. The molecule has 26 heavy (non-hydrogen) atoms. The Labute approximate surface area is 150 Å². The topological polar surface area (TPSA) is 77.8 Å². The van der Waals surface area contributed by atoms with Gasteiger partial charge in [-0.3, -0.25) is 9.59 Å². The second-order valence-electron chi connectivity index (χ2n) is 5.42. The molecule has 0 saturated carbocycles. The molecule has 0 bridgehead atoms. The third-order valence-electron chi connectivity index (χ3n) is 3.83. The first-order valence-electron chi connectivity index (χ1n) is 7.83. The zero-order valence-electron chi connectivity index (χ0n) is 14.3. The largest absolute Gasteiger partial charge is 0.497 e. The Morgan fingerprint density at radius 1 is 1.00 bits per heavy atom. The number of carbonyl (C=O) groups excluding carboxylic acids is 2. The normalized spacial score (nSPS) is 10.2. The molecule has 1 N–H and O–H groups in total. The van der Waals surface area contributed by atoms with Crippen LogP contribution in [0.25, 0.3) is 11.3 Å². The Bertz CT molecular complexity index is 928. The number of nitrogens with one attached hydrogen (secondary N) is 1. The lowest BCUT2D eigenvalue weighted by Gasteiger charge is -2.11. The Hall–Kier alpha value is -3.54. The maximum Gasteiger partial charge on any atom is 0.255 e. The summed E-state index contributed by atoms with van der Waals surface area (Å²) in [4.78, 5) is 23.2. The van der Waals surface area contributed by atoms with Gasteiger partial charge in [-0.1, -0.05) is 0 Å². The van der Waals surface area contributed by atoms with Crippen molar-refractivity contribution in [3.8, 4) is 22.8 Å². The number of aldehydes is 1. The van der Waals surface area contributed by atoms with Crippen LogP contribution in [0.3, 0.4) is 0 Å². The minimum atomic E-state index is -0.264. The smallest absolute Gasteiger partial charge is 0.255 e. The van der Waals surface area contributed by atoms with Gasteiger partial charge in [-0.05, 0) is 54.6 Å². The fraction of sp³-hybridized carbons (Fsp3) is 0.100. The summed E-state index contributed by atoms with van der Waals surface area (Å²) in [5.74, 6) is 1.68. The summed E-state index contributed by atoms with van der Waals surface area (Å²) in [5, 5.41) is 2.82. The van der Waals surface area contributed by atoms with Crippen LogP contribution in [0.1, 0.15) is 20.9 Å². The van der Waals surface area contributed by atoms with Crippen LogP contribution in [0.5, 0.6) is 11.5 Å². The van der Waals surface area contributed by atoms with E-state index in [1.165, 1.54) is 7.11 Å². The first kappa shape index (κ1) is 17.3. The van der Waals surface area contributed by atoms with Gasteiger partial charge in [0, 0.05) is 11.1 Å². The van der Waals surface area contributed by atoms with Gasteiger partial charge in [0.25, 0.3) is 5.91 Å². The fourth-order valence-corrected chi connectivity index (χ4v) is 2.46. The van der Waals surface area contributed by atoms with E-state index in [4.69, 9.17) is 13.9 Å². The van der Waals surface area contributed by atoms with Crippen molar-refractivity contribution in [2.45, 2.75) is 0 Å². The number of ether oxygens (including phenoxy) is 2. The van der Waals surface area contributed by atoms with E-state index >= 15 is 0 Å². The van der Waals surface area contributed by atoms with E-state index in [1.807, 2.05) is 0 Å². The molecule has 3 aromatic rings. The van der Waals surface area contributed by atoms with Gasteiger partial charge in [-0.15, -0.1) is 0 Å². The molecule has 0 unspecified atom stereocenters. The molecule has 1 aromatic heterocycles. The highest BCUT2D eigenvalue weighted by Gasteiger charge is 2.13. The predicted molar refractivity (Wildman–Crippen MR) is 97.0 cm³/mol. The van der Waals surface area contributed by atoms with E-state index < -0.39 is 0 Å². The second kappa shape index (κ2) is 7.57. The number of hydrogen-bond acceptors (Lipinski definition) is 5. The van der Waals surface area contributed by atoms with Crippen molar-refractivity contribution in [2.24, 2.45) is 0 Å². The molecule has 0 aliphatic carbocycles. The number of rotatable bonds is 6. The zero-order chi connectivity index (χ0) is 18.5. The molecule has 0 atom stereocenters. The Kier molecular flexibility index (Phi) is 5.03. The van der Waals surface area contributed by atoms with E-state index in [-0.39, 0.29) is 11.7 Å². The van der Waals surface area contributed by atoms with Crippen LogP contribution < -0.4 is 14.8 Å². The Morgan fingerprint density at radius 3 is 2.38 bits per heavy atom. The van der Waals surface area contributed by atoms with E-state index in [1.54, 1.807) is 61.7 Å². The highest BCUT2D eigenvalue weighted by Crippen LogP contribution is 2.32. The van der Waals surface area contributed by atoms with Gasteiger partial charge in [-0.25, -0.2) is 0 Å². The number of furan rings is 1. The first-order chi connectivity index (χ1) is 12.6. The molecule has 2 aromatic carbocycles. The average Bonchev–Trinajstić information content (AvgIpc) is 3.17. The van der Waals surface area contributed by atoms with Gasteiger partial charge < -0.3 is 19.2 Å². The lowest BCUT2D eigenvalue weighted by molar-refractivity contribution is 0.102. The first-order valence-corrected chi connectivity index (χ1v) is 7.83. The number of hydrogen-bond donors (Lipinski definition) is 1. The third kappa shape index (κ3) is 3.59. The van der Waals surface area contributed by atoms with Crippen molar-refractivity contribution in [2.75, 3.05) is 19.5 Å². The van der Waals surface area contributed by atoms with Crippen molar-refractivity contribution in [3.63, 3.8) is 0 Å². The Morgan fingerprint density at radius 2 is 1.77 bits per heavy atom. The minimum Gasteiger partial charge on any atom is -0.497 e. The molecule has 1 heterocycles. The lowest BCUT2D eigenvalue weighted by Crippen LogP contribution is -2.12. The third-order valence-corrected chi connectivity index (χ3v) is 3.83. The van der Waals surface area contributed by atoms with Crippen LogP contribution in [0.2, 0.25) is 0 Å². The van der Waals surface area contributed by atoms with E-state index in [0.717, 1.165) is 5.56 Å². The van der Waals surface area contributed by atoms with E-state index in [9.17, 15) is 9.59 Å². The summed E-state index contributed by atoms with van der Waals surface area (Å²) in [7, 11) is 3.08. The standard InChI is InChI=1S/C20H17NO5/c1-24-15-6-3-13(4-7-15)20(23)21-17-9-5-14(11-19(17)25-2)18-10-8-16(12-22)26-18/h3-12H,1-2H3,(H,21,23). The molecule has 0 radical (unpaired) electrons. The van der Waals surface area contributed by atoms with E-state index in [0.29, 0.717) is 34.8 Å². The number of benzene rings is 2. The van der Waals surface area contributed by atoms with Crippen molar-refractivity contribution in [1.82, 2.24) is 0 Å².